The highest BCUT2D eigenvalue weighted by atomic mass is 19.1. The SMILES string of the molecule is N[C@H](CC1CCCCC1)C(=O)NC1CN(CC2C(F)CCCC2F)NN1. The molecule has 0 radical (unpaired) electrons. The van der Waals surface area contributed by atoms with Gasteiger partial charge in [-0.05, 0) is 31.6 Å². The molecule has 2 aliphatic carbocycles. The van der Waals surface area contributed by atoms with Gasteiger partial charge in [-0.3, -0.25) is 4.79 Å². The van der Waals surface area contributed by atoms with Crippen molar-refractivity contribution in [2.45, 2.75) is 82.3 Å². The number of amides is 1. The Labute approximate surface area is 154 Å². The van der Waals surface area contributed by atoms with Crippen LogP contribution in [-0.4, -0.2) is 48.6 Å². The minimum Gasteiger partial charge on any atom is -0.337 e. The van der Waals surface area contributed by atoms with Gasteiger partial charge in [0.2, 0.25) is 5.91 Å². The number of nitrogens with one attached hydrogen (secondary N) is 3. The van der Waals surface area contributed by atoms with Gasteiger partial charge < -0.3 is 11.1 Å². The molecule has 26 heavy (non-hydrogen) atoms. The molecule has 0 aromatic heterocycles. The largest absolute Gasteiger partial charge is 0.337 e. The zero-order valence-corrected chi connectivity index (χ0v) is 15.4. The van der Waals surface area contributed by atoms with Crippen LogP contribution in [0.25, 0.3) is 0 Å². The lowest BCUT2D eigenvalue weighted by molar-refractivity contribution is -0.123. The molecule has 4 atom stereocenters. The van der Waals surface area contributed by atoms with Crippen molar-refractivity contribution in [1.29, 1.82) is 0 Å². The summed E-state index contributed by atoms with van der Waals surface area (Å²) in [4.78, 5) is 12.3. The first-order valence-electron chi connectivity index (χ1n) is 10.1. The standard InChI is InChI=1S/C18H33F2N5O/c19-14-7-4-8-15(20)13(14)10-25-11-17(23-24-25)22-18(26)16(21)9-12-5-2-1-3-6-12/h12-17,23-24H,1-11,21H2,(H,22,26)/t13?,14?,15?,16-,17?/m1/s1. The van der Waals surface area contributed by atoms with Crippen molar-refractivity contribution in [1.82, 2.24) is 21.3 Å². The summed E-state index contributed by atoms with van der Waals surface area (Å²) < 4.78 is 28.0. The zero-order valence-electron chi connectivity index (χ0n) is 15.4. The average molecular weight is 373 g/mol. The molecule has 8 heteroatoms. The Bertz CT molecular complexity index is 453. The monoisotopic (exact) mass is 373 g/mol. The summed E-state index contributed by atoms with van der Waals surface area (Å²) in [6.45, 7) is 0.744. The molecule has 2 saturated carbocycles. The van der Waals surface area contributed by atoms with Crippen LogP contribution in [0.1, 0.15) is 57.8 Å². The summed E-state index contributed by atoms with van der Waals surface area (Å²) in [6.07, 6.45) is 5.77. The fourth-order valence-corrected chi connectivity index (χ4v) is 4.50. The number of nitrogens with zero attached hydrogens (tertiary/aromatic N) is 1. The molecule has 5 N–H and O–H groups in total. The van der Waals surface area contributed by atoms with Gasteiger partial charge >= 0.3 is 0 Å². The molecule has 0 aromatic rings. The summed E-state index contributed by atoms with van der Waals surface area (Å²) in [5, 5.41) is 4.63. The normalized spacial score (nSPS) is 35.3. The third-order valence-corrected chi connectivity index (χ3v) is 6.09. The molecule has 0 aromatic carbocycles. The van der Waals surface area contributed by atoms with Gasteiger partial charge in [-0.1, -0.05) is 32.1 Å². The summed E-state index contributed by atoms with van der Waals surface area (Å²) >= 11 is 0. The first kappa shape index (κ1) is 19.9. The lowest BCUT2D eigenvalue weighted by Crippen LogP contribution is -2.51. The van der Waals surface area contributed by atoms with Crippen molar-refractivity contribution in [3.63, 3.8) is 0 Å². The van der Waals surface area contributed by atoms with Gasteiger partial charge in [0.15, 0.2) is 0 Å². The van der Waals surface area contributed by atoms with E-state index in [1.165, 1.54) is 19.3 Å². The van der Waals surface area contributed by atoms with Gasteiger partial charge in [0.25, 0.3) is 0 Å². The quantitative estimate of drug-likeness (QED) is 0.568. The molecule has 3 unspecified atom stereocenters. The van der Waals surface area contributed by atoms with E-state index in [4.69, 9.17) is 5.73 Å². The minimum absolute atomic E-state index is 0.166. The summed E-state index contributed by atoms with van der Waals surface area (Å²) in [7, 11) is 0. The molecule has 3 rings (SSSR count). The van der Waals surface area contributed by atoms with Crippen LogP contribution in [0.3, 0.4) is 0 Å². The molecule has 150 valence electrons. The number of hydrazine groups is 2. The number of carbonyl (C=O) groups excluding carboxylic acids is 1. The first-order valence-corrected chi connectivity index (χ1v) is 10.1. The highest BCUT2D eigenvalue weighted by Gasteiger charge is 2.37. The fourth-order valence-electron chi connectivity index (χ4n) is 4.50. The molecule has 1 saturated heterocycles. The number of carbonyl (C=O) groups is 1. The predicted molar refractivity (Wildman–Crippen MR) is 96.1 cm³/mol. The smallest absolute Gasteiger partial charge is 0.238 e. The van der Waals surface area contributed by atoms with E-state index in [0.717, 1.165) is 19.3 Å². The van der Waals surface area contributed by atoms with E-state index in [1.54, 1.807) is 5.01 Å². The number of rotatable bonds is 6. The topological polar surface area (TPSA) is 82.4 Å². The van der Waals surface area contributed by atoms with Crippen LogP contribution in [0, 0.1) is 11.8 Å². The second kappa shape index (κ2) is 9.39. The maximum Gasteiger partial charge on any atom is 0.238 e. The lowest BCUT2D eigenvalue weighted by Gasteiger charge is -2.32. The predicted octanol–water partition coefficient (Wildman–Crippen LogP) is 1.53. The van der Waals surface area contributed by atoms with E-state index in [-0.39, 0.29) is 18.6 Å². The molecule has 0 spiro atoms. The van der Waals surface area contributed by atoms with E-state index in [0.29, 0.717) is 31.7 Å². The molecule has 1 heterocycles. The third kappa shape index (κ3) is 5.34. The molecular weight excluding hydrogens is 340 g/mol. The molecule has 1 aliphatic heterocycles. The Kier molecular flexibility index (Phi) is 7.19. The highest BCUT2D eigenvalue weighted by molar-refractivity contribution is 5.81. The van der Waals surface area contributed by atoms with E-state index >= 15 is 0 Å². The summed E-state index contributed by atoms with van der Waals surface area (Å²) in [5.74, 6) is -0.230. The molecule has 0 bridgehead atoms. The van der Waals surface area contributed by atoms with Gasteiger partial charge in [-0.2, -0.15) is 5.53 Å². The molecule has 1 amide bonds. The van der Waals surface area contributed by atoms with E-state index in [1.807, 2.05) is 0 Å². The second-order valence-electron chi connectivity index (χ2n) is 8.20. The minimum atomic E-state index is -1.10. The van der Waals surface area contributed by atoms with Crippen molar-refractivity contribution in [3.8, 4) is 0 Å². The Morgan fingerprint density at radius 3 is 2.50 bits per heavy atom. The maximum absolute atomic E-state index is 14.0. The Morgan fingerprint density at radius 1 is 1.12 bits per heavy atom. The molecule has 6 nitrogen and oxygen atoms in total. The second-order valence-corrected chi connectivity index (χ2v) is 8.20. The molecular formula is C18H33F2N5O. The first-order chi connectivity index (χ1) is 12.5. The Morgan fingerprint density at radius 2 is 1.81 bits per heavy atom. The van der Waals surface area contributed by atoms with Crippen molar-refractivity contribution < 1.29 is 13.6 Å². The van der Waals surface area contributed by atoms with Crippen LogP contribution < -0.4 is 22.0 Å². The lowest BCUT2D eigenvalue weighted by atomic mass is 9.85. The van der Waals surface area contributed by atoms with E-state index in [9.17, 15) is 13.6 Å². The number of alkyl halides is 2. The number of hydrogen-bond donors (Lipinski definition) is 4. The van der Waals surface area contributed by atoms with Crippen molar-refractivity contribution >= 4 is 5.91 Å². The van der Waals surface area contributed by atoms with Crippen LogP contribution in [-0.2, 0) is 4.79 Å². The third-order valence-electron chi connectivity index (χ3n) is 6.09. The maximum atomic E-state index is 14.0. The number of halogens is 2. The van der Waals surface area contributed by atoms with Crippen LogP contribution in [0.15, 0.2) is 0 Å². The van der Waals surface area contributed by atoms with E-state index in [2.05, 4.69) is 16.3 Å². The van der Waals surface area contributed by atoms with Crippen LogP contribution in [0.2, 0.25) is 0 Å². The van der Waals surface area contributed by atoms with Crippen molar-refractivity contribution in [2.75, 3.05) is 13.1 Å². The highest BCUT2D eigenvalue weighted by Crippen LogP contribution is 2.30. The number of hydrogen-bond acceptors (Lipinski definition) is 5. The average Bonchev–Trinajstić information content (AvgIpc) is 3.06. The molecule has 3 aliphatic rings. The van der Waals surface area contributed by atoms with Gasteiger partial charge in [0.05, 0.1) is 6.04 Å². The van der Waals surface area contributed by atoms with Crippen molar-refractivity contribution in [2.24, 2.45) is 17.6 Å². The van der Waals surface area contributed by atoms with Gasteiger partial charge in [0.1, 0.15) is 18.5 Å². The number of nitrogens with two attached hydrogens (primary N) is 1. The van der Waals surface area contributed by atoms with Crippen molar-refractivity contribution in [3.05, 3.63) is 0 Å². The van der Waals surface area contributed by atoms with E-state index < -0.39 is 24.3 Å². The zero-order chi connectivity index (χ0) is 18.5. The fraction of sp³-hybridized carbons (Fsp3) is 0.944. The van der Waals surface area contributed by atoms with Crippen LogP contribution in [0.4, 0.5) is 8.78 Å². The van der Waals surface area contributed by atoms with Gasteiger partial charge in [0, 0.05) is 19.0 Å². The van der Waals surface area contributed by atoms with Gasteiger partial charge in [-0.25, -0.2) is 19.2 Å². The summed E-state index contributed by atoms with van der Waals surface area (Å²) in [6, 6.07) is -0.502. The van der Waals surface area contributed by atoms with Crippen LogP contribution in [0.5, 0.6) is 0 Å². The summed E-state index contributed by atoms with van der Waals surface area (Å²) in [5.41, 5.74) is 11.9. The van der Waals surface area contributed by atoms with Crippen LogP contribution >= 0.6 is 0 Å². The Hall–Kier alpha value is -0.830. The molecule has 3 fully saturated rings. The Balaban J connectivity index is 1.40. The van der Waals surface area contributed by atoms with Gasteiger partial charge in [-0.15, -0.1) is 0 Å².